The average molecular weight is 279 g/mol. The zero-order valence-electron chi connectivity index (χ0n) is 12.6. The van der Waals surface area contributed by atoms with Gasteiger partial charge in [-0.3, -0.25) is 4.90 Å². The molecule has 0 bridgehead atoms. The van der Waals surface area contributed by atoms with Crippen molar-refractivity contribution in [1.29, 1.82) is 0 Å². The third kappa shape index (κ3) is 3.75. The molecule has 0 aromatic heterocycles. The van der Waals surface area contributed by atoms with Gasteiger partial charge in [-0.15, -0.1) is 0 Å². The minimum Gasteiger partial charge on any atom is -0.376 e. The standard InChI is InChI=1S/C18H22BNO/c19-18(16-9-5-2-6-10-16)17-14-20(11-12-21-17)13-15-7-3-1-4-8-15/h1-10,17-18H,11-14,19H2/t17-,18+/m0/s1. The maximum atomic E-state index is 6.02. The maximum absolute atomic E-state index is 6.02. The summed E-state index contributed by atoms with van der Waals surface area (Å²) in [6, 6.07) is 21.4. The minimum atomic E-state index is 0.282. The Morgan fingerprint density at radius 2 is 1.71 bits per heavy atom. The van der Waals surface area contributed by atoms with E-state index in [1.54, 1.807) is 0 Å². The lowest BCUT2D eigenvalue weighted by Gasteiger charge is -2.36. The fraction of sp³-hybridized carbons (Fsp3) is 0.333. The first-order valence-corrected chi connectivity index (χ1v) is 7.76. The summed E-state index contributed by atoms with van der Waals surface area (Å²) in [4.78, 5) is 2.50. The summed E-state index contributed by atoms with van der Waals surface area (Å²) in [5, 5.41) is 0. The Morgan fingerprint density at radius 1 is 1.05 bits per heavy atom. The van der Waals surface area contributed by atoms with Crippen LogP contribution in [0.25, 0.3) is 0 Å². The van der Waals surface area contributed by atoms with E-state index >= 15 is 0 Å². The smallest absolute Gasteiger partial charge is 0.114 e. The van der Waals surface area contributed by atoms with Crippen molar-refractivity contribution in [1.82, 2.24) is 4.90 Å². The van der Waals surface area contributed by atoms with E-state index in [1.165, 1.54) is 11.1 Å². The predicted molar refractivity (Wildman–Crippen MR) is 89.2 cm³/mol. The number of hydrogen-bond acceptors (Lipinski definition) is 2. The summed E-state index contributed by atoms with van der Waals surface area (Å²) >= 11 is 0. The Morgan fingerprint density at radius 3 is 2.43 bits per heavy atom. The summed E-state index contributed by atoms with van der Waals surface area (Å²) in [6.45, 7) is 3.87. The van der Waals surface area contributed by atoms with Crippen molar-refractivity contribution in [3.05, 3.63) is 71.8 Å². The van der Waals surface area contributed by atoms with Crippen molar-refractivity contribution in [3.63, 3.8) is 0 Å². The summed E-state index contributed by atoms with van der Waals surface area (Å²) in [6.07, 6.45) is 0.282. The highest BCUT2D eigenvalue weighted by Crippen LogP contribution is 2.22. The molecule has 2 aromatic carbocycles. The molecule has 0 radical (unpaired) electrons. The van der Waals surface area contributed by atoms with Gasteiger partial charge in [0.05, 0.1) is 12.7 Å². The van der Waals surface area contributed by atoms with E-state index in [-0.39, 0.29) is 6.10 Å². The zero-order chi connectivity index (χ0) is 14.5. The molecule has 2 atom stereocenters. The molecule has 2 nitrogen and oxygen atoms in total. The van der Waals surface area contributed by atoms with Crippen molar-refractivity contribution < 1.29 is 4.74 Å². The van der Waals surface area contributed by atoms with Gasteiger partial charge in [0.25, 0.3) is 0 Å². The van der Waals surface area contributed by atoms with E-state index in [2.05, 4.69) is 73.4 Å². The molecule has 1 fully saturated rings. The topological polar surface area (TPSA) is 12.5 Å². The van der Waals surface area contributed by atoms with Crippen LogP contribution >= 0.6 is 0 Å². The average Bonchev–Trinajstić information content (AvgIpc) is 2.56. The molecule has 21 heavy (non-hydrogen) atoms. The molecule has 3 rings (SSSR count). The van der Waals surface area contributed by atoms with Gasteiger partial charge in [-0.25, -0.2) is 0 Å². The summed E-state index contributed by atoms with van der Waals surface area (Å²) in [7, 11) is 2.27. The molecule has 108 valence electrons. The molecular weight excluding hydrogens is 257 g/mol. The molecular formula is C18H22BNO. The van der Waals surface area contributed by atoms with E-state index in [9.17, 15) is 0 Å². The van der Waals surface area contributed by atoms with E-state index in [0.29, 0.717) is 5.82 Å². The number of benzene rings is 2. The highest BCUT2D eigenvalue weighted by Gasteiger charge is 2.26. The first-order valence-electron chi connectivity index (χ1n) is 7.76. The van der Waals surface area contributed by atoms with Crippen LogP contribution in [-0.2, 0) is 11.3 Å². The monoisotopic (exact) mass is 279 g/mol. The van der Waals surface area contributed by atoms with Gasteiger partial charge in [-0.05, 0) is 11.4 Å². The van der Waals surface area contributed by atoms with Crippen LogP contribution in [0.2, 0.25) is 0 Å². The molecule has 0 spiro atoms. The van der Waals surface area contributed by atoms with Gasteiger partial charge in [0, 0.05) is 19.6 Å². The van der Waals surface area contributed by atoms with Gasteiger partial charge < -0.3 is 4.74 Å². The SMILES string of the molecule is B[C@H](c1ccccc1)[C@@H]1CN(Cc2ccccc2)CCO1. The Hall–Kier alpha value is -1.58. The first kappa shape index (κ1) is 14.4. The zero-order valence-corrected chi connectivity index (χ0v) is 12.6. The van der Waals surface area contributed by atoms with Crippen molar-refractivity contribution in [2.45, 2.75) is 18.5 Å². The molecule has 1 heterocycles. The molecule has 1 aliphatic rings. The van der Waals surface area contributed by atoms with Crippen molar-refractivity contribution in [2.24, 2.45) is 0 Å². The molecule has 0 saturated carbocycles. The quantitative estimate of drug-likeness (QED) is 0.796. The molecule has 0 amide bonds. The number of ether oxygens (including phenoxy) is 1. The van der Waals surface area contributed by atoms with Gasteiger partial charge >= 0.3 is 0 Å². The number of morpholine rings is 1. The highest BCUT2D eigenvalue weighted by molar-refractivity contribution is 6.12. The Kier molecular flexibility index (Phi) is 4.74. The molecule has 0 aliphatic carbocycles. The third-order valence-corrected chi connectivity index (χ3v) is 4.31. The van der Waals surface area contributed by atoms with Crippen LogP contribution in [0.4, 0.5) is 0 Å². The number of hydrogen-bond donors (Lipinski definition) is 0. The van der Waals surface area contributed by atoms with Gasteiger partial charge in [0.1, 0.15) is 7.85 Å². The second-order valence-electron chi connectivity index (χ2n) is 5.83. The fourth-order valence-electron chi connectivity index (χ4n) is 2.99. The molecule has 1 saturated heterocycles. The van der Waals surface area contributed by atoms with Crippen LogP contribution in [0.3, 0.4) is 0 Å². The molecule has 1 aliphatic heterocycles. The number of rotatable bonds is 4. The van der Waals surface area contributed by atoms with Gasteiger partial charge in [0.15, 0.2) is 0 Å². The number of nitrogens with zero attached hydrogens (tertiary/aromatic N) is 1. The summed E-state index contributed by atoms with van der Waals surface area (Å²) in [5.41, 5.74) is 2.74. The van der Waals surface area contributed by atoms with E-state index < -0.39 is 0 Å². The lowest BCUT2D eigenvalue weighted by atomic mass is 9.76. The van der Waals surface area contributed by atoms with E-state index in [1.807, 2.05) is 0 Å². The first-order chi connectivity index (χ1) is 10.3. The second-order valence-corrected chi connectivity index (χ2v) is 5.83. The summed E-state index contributed by atoms with van der Waals surface area (Å²) < 4.78 is 6.02. The van der Waals surface area contributed by atoms with Gasteiger partial charge in [-0.2, -0.15) is 0 Å². The van der Waals surface area contributed by atoms with Crippen molar-refractivity contribution >= 4 is 7.85 Å². The maximum Gasteiger partial charge on any atom is 0.114 e. The predicted octanol–water partition coefficient (Wildman–Crippen LogP) is 2.26. The van der Waals surface area contributed by atoms with Gasteiger partial charge in [-0.1, -0.05) is 66.2 Å². The van der Waals surface area contributed by atoms with Crippen LogP contribution in [0, 0.1) is 0 Å². The second kappa shape index (κ2) is 6.92. The van der Waals surface area contributed by atoms with Crippen LogP contribution in [0.1, 0.15) is 16.9 Å². The fourth-order valence-corrected chi connectivity index (χ4v) is 2.99. The highest BCUT2D eigenvalue weighted by atomic mass is 16.5. The third-order valence-electron chi connectivity index (χ3n) is 4.31. The lowest BCUT2D eigenvalue weighted by molar-refractivity contribution is -0.0331. The molecule has 0 N–H and O–H groups in total. The molecule has 0 unspecified atom stereocenters. The normalized spacial score (nSPS) is 21.0. The Bertz CT molecular complexity index is 546. The van der Waals surface area contributed by atoms with E-state index in [4.69, 9.17) is 4.74 Å². The molecule has 2 aromatic rings. The lowest BCUT2D eigenvalue weighted by Crippen LogP contribution is -2.44. The van der Waals surface area contributed by atoms with Crippen molar-refractivity contribution in [2.75, 3.05) is 19.7 Å². The van der Waals surface area contributed by atoms with Gasteiger partial charge in [0.2, 0.25) is 0 Å². The Labute approximate surface area is 128 Å². The molecule has 3 heteroatoms. The minimum absolute atomic E-state index is 0.282. The van der Waals surface area contributed by atoms with Crippen LogP contribution in [-0.4, -0.2) is 38.5 Å². The van der Waals surface area contributed by atoms with Crippen LogP contribution < -0.4 is 0 Å². The van der Waals surface area contributed by atoms with Crippen molar-refractivity contribution in [3.8, 4) is 0 Å². The van der Waals surface area contributed by atoms with E-state index in [0.717, 1.165) is 26.2 Å². The summed E-state index contributed by atoms with van der Waals surface area (Å²) in [5.74, 6) is 0.435. The van der Waals surface area contributed by atoms with Crippen LogP contribution in [0.15, 0.2) is 60.7 Å². The van der Waals surface area contributed by atoms with Crippen LogP contribution in [0.5, 0.6) is 0 Å². The Balaban J connectivity index is 1.63. The largest absolute Gasteiger partial charge is 0.376 e.